The van der Waals surface area contributed by atoms with Crippen molar-refractivity contribution in [3.63, 3.8) is 0 Å². The minimum atomic E-state index is 0.0281. The summed E-state index contributed by atoms with van der Waals surface area (Å²) < 4.78 is 0. The maximum atomic E-state index is 12.5. The Morgan fingerprint density at radius 2 is 1.56 bits per heavy atom. The van der Waals surface area contributed by atoms with E-state index in [1.54, 1.807) is 0 Å². The first-order chi connectivity index (χ1) is 13.2. The number of benzene rings is 1. The Hall–Kier alpha value is -1.88. The highest BCUT2D eigenvalue weighted by Crippen LogP contribution is 2.50. The second-order valence-electron chi connectivity index (χ2n) is 8.57. The third-order valence-electron chi connectivity index (χ3n) is 6.25. The van der Waals surface area contributed by atoms with E-state index in [9.17, 15) is 9.59 Å². The van der Waals surface area contributed by atoms with Crippen molar-refractivity contribution in [1.82, 2.24) is 10.2 Å². The van der Waals surface area contributed by atoms with Gasteiger partial charge in [-0.25, -0.2) is 0 Å². The highest BCUT2D eigenvalue weighted by atomic mass is 16.2. The van der Waals surface area contributed by atoms with Crippen LogP contribution < -0.4 is 10.6 Å². The average Bonchev–Trinajstić information content (AvgIpc) is 3.56. The highest BCUT2D eigenvalue weighted by molar-refractivity contribution is 5.92. The molecule has 1 saturated heterocycles. The van der Waals surface area contributed by atoms with Gasteiger partial charge in [0.2, 0.25) is 11.8 Å². The number of amides is 2. The second kappa shape index (κ2) is 8.42. The fourth-order valence-electron chi connectivity index (χ4n) is 4.43. The minimum Gasteiger partial charge on any atom is -0.353 e. The number of hydrogen-bond acceptors (Lipinski definition) is 3. The molecule has 0 radical (unpaired) electrons. The van der Waals surface area contributed by atoms with Gasteiger partial charge in [-0.2, -0.15) is 0 Å². The number of rotatable bonds is 8. The number of nitrogens with zero attached hydrogens (tertiary/aromatic N) is 1. The number of likely N-dealkylation sites (tertiary alicyclic amines) is 1. The van der Waals surface area contributed by atoms with Crippen molar-refractivity contribution >= 4 is 17.5 Å². The molecule has 27 heavy (non-hydrogen) atoms. The van der Waals surface area contributed by atoms with Crippen LogP contribution in [0.15, 0.2) is 30.3 Å². The molecule has 2 aliphatic carbocycles. The predicted molar refractivity (Wildman–Crippen MR) is 106 cm³/mol. The average molecular weight is 370 g/mol. The largest absolute Gasteiger partial charge is 0.353 e. The van der Waals surface area contributed by atoms with Crippen LogP contribution in [0.4, 0.5) is 5.69 Å². The van der Waals surface area contributed by atoms with Gasteiger partial charge in [-0.15, -0.1) is 0 Å². The molecule has 0 atom stereocenters. The fraction of sp³-hybridized carbons (Fsp3) is 0.636. The fourth-order valence-corrected chi connectivity index (χ4v) is 4.43. The molecule has 0 bridgehead atoms. The molecular formula is C22H31N3O2. The number of carbonyl (C=O) groups is 2. The van der Waals surface area contributed by atoms with Crippen molar-refractivity contribution in [2.75, 3.05) is 25.0 Å². The molecule has 146 valence electrons. The van der Waals surface area contributed by atoms with E-state index in [4.69, 9.17) is 0 Å². The minimum absolute atomic E-state index is 0.0281. The van der Waals surface area contributed by atoms with Gasteiger partial charge in [0, 0.05) is 31.2 Å². The summed E-state index contributed by atoms with van der Waals surface area (Å²) in [7, 11) is 0. The Morgan fingerprint density at radius 3 is 2.15 bits per heavy atom. The zero-order valence-corrected chi connectivity index (χ0v) is 16.0. The normalized spacial score (nSPS) is 21.2. The van der Waals surface area contributed by atoms with Gasteiger partial charge in [0.1, 0.15) is 0 Å². The van der Waals surface area contributed by atoms with E-state index >= 15 is 0 Å². The van der Waals surface area contributed by atoms with Gasteiger partial charge in [0.25, 0.3) is 0 Å². The molecule has 2 amide bonds. The van der Waals surface area contributed by atoms with E-state index in [2.05, 4.69) is 15.5 Å². The summed E-state index contributed by atoms with van der Waals surface area (Å²) in [4.78, 5) is 26.8. The van der Waals surface area contributed by atoms with Gasteiger partial charge in [0.15, 0.2) is 0 Å². The van der Waals surface area contributed by atoms with Crippen LogP contribution in [-0.2, 0) is 9.59 Å². The van der Waals surface area contributed by atoms with Crippen molar-refractivity contribution in [3.8, 4) is 0 Å². The SMILES string of the molecule is O=C(CN1CCC(NC(=O)CC(C2CC2)C2CC2)CC1)Nc1ccccc1. The summed E-state index contributed by atoms with van der Waals surface area (Å²) in [6, 6.07) is 9.84. The molecule has 2 saturated carbocycles. The van der Waals surface area contributed by atoms with Crippen LogP contribution in [0.3, 0.4) is 0 Å². The molecule has 1 aromatic carbocycles. The van der Waals surface area contributed by atoms with Crippen molar-refractivity contribution in [2.24, 2.45) is 17.8 Å². The standard InChI is InChI=1S/C22H31N3O2/c26-21(14-20(16-6-7-16)17-8-9-17)23-19-10-12-25(13-11-19)15-22(27)24-18-4-2-1-3-5-18/h1-5,16-17,19-20H,6-15H2,(H,23,26)(H,24,27). The Kier molecular flexibility index (Phi) is 5.77. The van der Waals surface area contributed by atoms with Crippen LogP contribution in [-0.4, -0.2) is 42.4 Å². The Bertz CT molecular complexity index is 635. The van der Waals surface area contributed by atoms with Crippen LogP contribution in [0.1, 0.15) is 44.9 Å². The molecule has 3 fully saturated rings. The summed E-state index contributed by atoms with van der Waals surface area (Å²) >= 11 is 0. The van der Waals surface area contributed by atoms with Crippen molar-refractivity contribution < 1.29 is 9.59 Å². The molecule has 0 spiro atoms. The highest BCUT2D eigenvalue weighted by Gasteiger charge is 2.42. The topological polar surface area (TPSA) is 61.4 Å². The van der Waals surface area contributed by atoms with Gasteiger partial charge in [-0.1, -0.05) is 18.2 Å². The molecule has 0 unspecified atom stereocenters. The molecule has 1 aromatic rings. The lowest BCUT2D eigenvalue weighted by Gasteiger charge is -2.32. The lowest BCUT2D eigenvalue weighted by molar-refractivity contribution is -0.124. The van der Waals surface area contributed by atoms with Crippen molar-refractivity contribution in [2.45, 2.75) is 51.0 Å². The molecule has 1 aliphatic heterocycles. The first-order valence-electron chi connectivity index (χ1n) is 10.5. The van der Waals surface area contributed by atoms with Crippen LogP contribution in [0, 0.1) is 17.8 Å². The Balaban J connectivity index is 1.15. The third kappa shape index (κ3) is 5.55. The first kappa shape index (κ1) is 18.5. The predicted octanol–water partition coefficient (Wildman–Crippen LogP) is 3.03. The van der Waals surface area contributed by atoms with Gasteiger partial charge >= 0.3 is 0 Å². The van der Waals surface area contributed by atoms with E-state index in [1.165, 1.54) is 25.7 Å². The Morgan fingerprint density at radius 1 is 0.926 bits per heavy atom. The van der Waals surface area contributed by atoms with Crippen molar-refractivity contribution in [1.29, 1.82) is 0 Å². The lowest BCUT2D eigenvalue weighted by Crippen LogP contribution is -2.46. The second-order valence-corrected chi connectivity index (χ2v) is 8.57. The van der Waals surface area contributed by atoms with E-state index < -0.39 is 0 Å². The summed E-state index contributed by atoms with van der Waals surface area (Å²) in [5, 5.41) is 6.20. The summed E-state index contributed by atoms with van der Waals surface area (Å²) in [5.74, 6) is 2.58. The van der Waals surface area contributed by atoms with Crippen LogP contribution in [0.5, 0.6) is 0 Å². The lowest BCUT2D eigenvalue weighted by atomic mass is 9.93. The van der Waals surface area contributed by atoms with E-state index in [1.807, 2.05) is 30.3 Å². The van der Waals surface area contributed by atoms with E-state index in [-0.39, 0.29) is 17.9 Å². The monoisotopic (exact) mass is 369 g/mol. The summed E-state index contributed by atoms with van der Waals surface area (Å²) in [6.45, 7) is 2.14. The molecule has 4 rings (SSSR count). The van der Waals surface area contributed by atoms with Crippen molar-refractivity contribution in [3.05, 3.63) is 30.3 Å². The van der Waals surface area contributed by atoms with E-state index in [0.717, 1.165) is 49.9 Å². The zero-order valence-electron chi connectivity index (χ0n) is 16.0. The number of carbonyl (C=O) groups excluding carboxylic acids is 2. The Labute approximate surface area is 161 Å². The smallest absolute Gasteiger partial charge is 0.238 e. The summed E-state index contributed by atoms with van der Waals surface area (Å²) in [6.07, 6.45) is 7.92. The number of piperidine rings is 1. The van der Waals surface area contributed by atoms with Gasteiger partial charge < -0.3 is 10.6 Å². The molecule has 5 nitrogen and oxygen atoms in total. The molecule has 0 aromatic heterocycles. The number of hydrogen-bond donors (Lipinski definition) is 2. The van der Waals surface area contributed by atoms with Crippen LogP contribution in [0.25, 0.3) is 0 Å². The first-order valence-corrected chi connectivity index (χ1v) is 10.5. The van der Waals surface area contributed by atoms with Gasteiger partial charge in [-0.3, -0.25) is 14.5 Å². The third-order valence-corrected chi connectivity index (χ3v) is 6.25. The van der Waals surface area contributed by atoms with Gasteiger partial charge in [0.05, 0.1) is 6.54 Å². The summed E-state index contributed by atoms with van der Waals surface area (Å²) in [5.41, 5.74) is 0.838. The molecule has 3 aliphatic rings. The van der Waals surface area contributed by atoms with Crippen LogP contribution >= 0.6 is 0 Å². The molecule has 2 N–H and O–H groups in total. The number of para-hydroxylation sites is 1. The molecule has 5 heteroatoms. The van der Waals surface area contributed by atoms with E-state index in [0.29, 0.717) is 12.5 Å². The van der Waals surface area contributed by atoms with Crippen LogP contribution in [0.2, 0.25) is 0 Å². The maximum absolute atomic E-state index is 12.5. The molecule has 1 heterocycles. The maximum Gasteiger partial charge on any atom is 0.238 e. The quantitative estimate of drug-likeness (QED) is 0.740. The zero-order chi connectivity index (χ0) is 18.6. The van der Waals surface area contributed by atoms with Gasteiger partial charge in [-0.05, 0) is 68.4 Å². The molecular weight excluding hydrogens is 338 g/mol. The number of anilines is 1. The number of nitrogens with one attached hydrogen (secondary N) is 2.